The lowest BCUT2D eigenvalue weighted by Crippen LogP contribution is -2.50. The average Bonchev–Trinajstić information content (AvgIpc) is 2.46. The number of aryl methyl sites for hydroxylation is 2. The first-order valence-electron chi connectivity index (χ1n) is 6.78. The van der Waals surface area contributed by atoms with Gasteiger partial charge in [0.1, 0.15) is 0 Å². The topological polar surface area (TPSA) is 0 Å². The molecule has 0 spiro atoms. The standard InChI is InChI=1S/C17H14F6/c1-11-5-3-7-13(9-11)15(18,19)17(22,23)16(20,21)14-8-4-6-12(2)10-14/h3-10H,1-2H3. The highest BCUT2D eigenvalue weighted by atomic mass is 19.3. The summed E-state index contributed by atoms with van der Waals surface area (Å²) in [5.74, 6) is -15.6. The normalized spacial score (nSPS) is 13.2. The molecule has 23 heavy (non-hydrogen) atoms. The first-order valence-corrected chi connectivity index (χ1v) is 6.78. The van der Waals surface area contributed by atoms with Gasteiger partial charge in [-0.15, -0.1) is 0 Å². The van der Waals surface area contributed by atoms with Crippen molar-refractivity contribution in [3.05, 3.63) is 70.8 Å². The number of rotatable bonds is 4. The van der Waals surface area contributed by atoms with Gasteiger partial charge < -0.3 is 0 Å². The van der Waals surface area contributed by atoms with Gasteiger partial charge in [0.25, 0.3) is 0 Å². The molecule has 2 aromatic rings. The quantitative estimate of drug-likeness (QED) is 0.619. The fourth-order valence-corrected chi connectivity index (χ4v) is 2.24. The van der Waals surface area contributed by atoms with Crippen molar-refractivity contribution in [2.75, 3.05) is 0 Å². The molecule has 124 valence electrons. The van der Waals surface area contributed by atoms with E-state index in [9.17, 15) is 26.3 Å². The molecule has 0 radical (unpaired) electrons. The van der Waals surface area contributed by atoms with Gasteiger partial charge in [-0.1, -0.05) is 47.5 Å². The summed E-state index contributed by atoms with van der Waals surface area (Å²) >= 11 is 0. The van der Waals surface area contributed by atoms with Crippen LogP contribution in [0.1, 0.15) is 22.3 Å². The third-order valence-corrected chi connectivity index (χ3v) is 3.55. The van der Waals surface area contributed by atoms with E-state index in [0.717, 1.165) is 24.3 Å². The summed E-state index contributed by atoms with van der Waals surface area (Å²) in [5.41, 5.74) is -1.74. The molecule has 0 aromatic heterocycles. The van der Waals surface area contributed by atoms with Crippen LogP contribution in [0, 0.1) is 13.8 Å². The molecule has 0 bridgehead atoms. The molecule has 6 heteroatoms. The van der Waals surface area contributed by atoms with Crippen molar-refractivity contribution in [1.29, 1.82) is 0 Å². The first kappa shape index (κ1) is 17.4. The Hall–Kier alpha value is -1.98. The van der Waals surface area contributed by atoms with Crippen LogP contribution in [-0.4, -0.2) is 5.92 Å². The van der Waals surface area contributed by atoms with Crippen LogP contribution in [0.25, 0.3) is 0 Å². The lowest BCUT2D eigenvalue weighted by Gasteiger charge is -2.33. The van der Waals surface area contributed by atoms with Gasteiger partial charge in [-0.3, -0.25) is 0 Å². The summed E-state index contributed by atoms with van der Waals surface area (Å²) in [4.78, 5) is 0. The third kappa shape index (κ3) is 2.82. The van der Waals surface area contributed by atoms with Gasteiger partial charge in [-0.05, 0) is 26.0 Å². The second kappa shape index (κ2) is 5.58. The van der Waals surface area contributed by atoms with Crippen molar-refractivity contribution in [3.8, 4) is 0 Å². The Kier molecular flexibility index (Phi) is 4.22. The van der Waals surface area contributed by atoms with E-state index in [1.807, 2.05) is 0 Å². The van der Waals surface area contributed by atoms with E-state index in [1.54, 1.807) is 0 Å². The van der Waals surface area contributed by atoms with E-state index >= 15 is 0 Å². The highest BCUT2D eigenvalue weighted by molar-refractivity contribution is 5.33. The number of benzene rings is 2. The second-order valence-electron chi connectivity index (χ2n) is 5.46. The maximum absolute atomic E-state index is 14.2. The monoisotopic (exact) mass is 332 g/mol. The molecule has 2 rings (SSSR count). The Bertz CT molecular complexity index is 646. The van der Waals surface area contributed by atoms with Gasteiger partial charge in [0.05, 0.1) is 0 Å². The molecule has 0 atom stereocenters. The molecule has 0 nitrogen and oxygen atoms in total. The molecular formula is C17H14F6. The van der Waals surface area contributed by atoms with Crippen LogP contribution in [-0.2, 0) is 11.8 Å². The van der Waals surface area contributed by atoms with Crippen LogP contribution in [0.2, 0.25) is 0 Å². The van der Waals surface area contributed by atoms with E-state index in [-0.39, 0.29) is 11.1 Å². The number of hydrogen-bond acceptors (Lipinski definition) is 0. The summed E-state index contributed by atoms with van der Waals surface area (Å²) in [6.45, 7) is 2.83. The van der Waals surface area contributed by atoms with Crippen LogP contribution in [0.15, 0.2) is 48.5 Å². The van der Waals surface area contributed by atoms with Crippen molar-refractivity contribution < 1.29 is 26.3 Å². The largest absolute Gasteiger partial charge is 0.380 e. The van der Waals surface area contributed by atoms with E-state index in [1.165, 1.54) is 26.0 Å². The first-order chi connectivity index (χ1) is 10.5. The summed E-state index contributed by atoms with van der Waals surface area (Å²) in [7, 11) is 0. The summed E-state index contributed by atoms with van der Waals surface area (Å²) in [5, 5.41) is 0. The Morgan fingerprint density at radius 1 is 0.609 bits per heavy atom. The average molecular weight is 332 g/mol. The summed E-state index contributed by atoms with van der Waals surface area (Å²) in [6.07, 6.45) is 0. The smallest absolute Gasteiger partial charge is 0.194 e. The molecule has 0 aliphatic heterocycles. The third-order valence-electron chi connectivity index (χ3n) is 3.55. The van der Waals surface area contributed by atoms with E-state index in [2.05, 4.69) is 0 Å². The van der Waals surface area contributed by atoms with Crippen LogP contribution >= 0.6 is 0 Å². The zero-order valence-corrected chi connectivity index (χ0v) is 12.4. The van der Waals surface area contributed by atoms with Crippen LogP contribution in [0.3, 0.4) is 0 Å². The maximum atomic E-state index is 14.2. The van der Waals surface area contributed by atoms with Crippen molar-refractivity contribution in [3.63, 3.8) is 0 Å². The number of halogens is 6. The summed E-state index contributed by atoms with van der Waals surface area (Å²) < 4.78 is 84.9. The van der Waals surface area contributed by atoms with E-state index < -0.39 is 28.9 Å². The van der Waals surface area contributed by atoms with Gasteiger partial charge >= 0.3 is 17.8 Å². The molecule has 0 N–H and O–H groups in total. The maximum Gasteiger partial charge on any atom is 0.380 e. The minimum Gasteiger partial charge on any atom is -0.194 e. The Labute approximate surface area is 129 Å². The molecule has 0 amide bonds. The predicted molar refractivity (Wildman–Crippen MR) is 75.1 cm³/mol. The molecule has 0 fully saturated rings. The van der Waals surface area contributed by atoms with Crippen molar-refractivity contribution in [2.24, 2.45) is 0 Å². The minimum absolute atomic E-state index is 0.275. The van der Waals surface area contributed by atoms with Crippen molar-refractivity contribution >= 4 is 0 Å². The van der Waals surface area contributed by atoms with Gasteiger partial charge in [-0.25, -0.2) is 0 Å². The van der Waals surface area contributed by atoms with Crippen LogP contribution < -0.4 is 0 Å². The lowest BCUT2D eigenvalue weighted by atomic mass is 9.91. The van der Waals surface area contributed by atoms with Crippen molar-refractivity contribution in [1.82, 2.24) is 0 Å². The van der Waals surface area contributed by atoms with E-state index in [0.29, 0.717) is 12.1 Å². The van der Waals surface area contributed by atoms with Gasteiger partial charge in [0.2, 0.25) is 0 Å². The molecule has 2 aromatic carbocycles. The van der Waals surface area contributed by atoms with Gasteiger partial charge in [0, 0.05) is 11.1 Å². The second-order valence-corrected chi connectivity index (χ2v) is 5.46. The van der Waals surface area contributed by atoms with Crippen molar-refractivity contribution in [2.45, 2.75) is 31.6 Å². The van der Waals surface area contributed by atoms with Crippen LogP contribution in [0.5, 0.6) is 0 Å². The SMILES string of the molecule is Cc1cccc(C(F)(F)C(F)(F)C(F)(F)c2cccc(C)c2)c1. The molecule has 0 saturated carbocycles. The lowest BCUT2D eigenvalue weighted by molar-refractivity contribution is -0.321. The highest BCUT2D eigenvalue weighted by Crippen LogP contribution is 2.55. The molecule has 0 unspecified atom stereocenters. The zero-order valence-electron chi connectivity index (χ0n) is 12.4. The molecule has 0 aliphatic carbocycles. The predicted octanol–water partition coefficient (Wildman–Crippen LogP) is 5.82. The fourth-order valence-electron chi connectivity index (χ4n) is 2.24. The van der Waals surface area contributed by atoms with E-state index in [4.69, 9.17) is 0 Å². The number of hydrogen-bond donors (Lipinski definition) is 0. The highest BCUT2D eigenvalue weighted by Gasteiger charge is 2.72. The Balaban J connectivity index is 2.54. The Morgan fingerprint density at radius 3 is 1.26 bits per heavy atom. The molecule has 0 saturated heterocycles. The van der Waals surface area contributed by atoms with Gasteiger partial charge in [0.15, 0.2) is 0 Å². The van der Waals surface area contributed by atoms with Crippen LogP contribution in [0.4, 0.5) is 26.3 Å². The minimum atomic E-state index is -5.58. The summed E-state index contributed by atoms with van der Waals surface area (Å²) in [6, 6.07) is 8.06. The molecular weight excluding hydrogens is 318 g/mol. The Morgan fingerprint density at radius 2 is 0.957 bits per heavy atom. The number of alkyl halides is 6. The fraction of sp³-hybridized carbons (Fsp3) is 0.294. The van der Waals surface area contributed by atoms with Gasteiger partial charge in [-0.2, -0.15) is 26.3 Å². The molecule has 0 heterocycles. The molecule has 0 aliphatic rings. The zero-order chi connectivity index (χ0) is 17.5.